The number of anilines is 1. The van der Waals surface area contributed by atoms with Gasteiger partial charge in [0.25, 0.3) is 0 Å². The largest absolute Gasteiger partial charge is 0.327 e. The molecule has 1 aromatic heterocycles. The average molecular weight is 376 g/mol. The van der Waals surface area contributed by atoms with Crippen LogP contribution in [0.2, 0.25) is 5.02 Å². The van der Waals surface area contributed by atoms with E-state index >= 15 is 0 Å². The maximum absolute atomic E-state index is 12.5. The van der Waals surface area contributed by atoms with Gasteiger partial charge in [-0.05, 0) is 23.5 Å². The molecule has 0 radical (unpaired) electrons. The zero-order chi connectivity index (χ0) is 18.7. The molecule has 0 bridgehead atoms. The van der Waals surface area contributed by atoms with E-state index in [0.717, 1.165) is 25.1 Å². The first-order valence-corrected chi connectivity index (χ1v) is 9.26. The minimum Gasteiger partial charge on any atom is -0.327 e. The number of aromatic nitrogens is 2. The van der Waals surface area contributed by atoms with Crippen LogP contribution in [0.3, 0.4) is 0 Å². The van der Waals surface area contributed by atoms with Crippen molar-refractivity contribution >= 4 is 23.3 Å². The molecule has 1 aromatic carbocycles. The lowest BCUT2D eigenvalue weighted by atomic mass is 9.80. The molecule has 1 fully saturated rings. The number of rotatable bonds is 5. The van der Waals surface area contributed by atoms with Gasteiger partial charge in [0.1, 0.15) is 5.82 Å². The van der Waals surface area contributed by atoms with Crippen LogP contribution in [0.1, 0.15) is 25.8 Å². The number of carbonyl (C=O) groups excluding carboxylic acids is 1. The molecule has 26 heavy (non-hydrogen) atoms. The van der Waals surface area contributed by atoms with Crippen molar-refractivity contribution in [1.29, 1.82) is 0 Å². The fraction of sp³-hybridized carbons (Fsp3) is 0.474. The summed E-state index contributed by atoms with van der Waals surface area (Å²) in [5.74, 6) is 0.625. The number of carbonyl (C=O) groups is 1. The lowest BCUT2D eigenvalue weighted by Crippen LogP contribution is -2.53. The summed E-state index contributed by atoms with van der Waals surface area (Å²) in [7, 11) is 0. The maximum atomic E-state index is 12.5. The molecule has 0 spiro atoms. The van der Waals surface area contributed by atoms with E-state index in [-0.39, 0.29) is 17.4 Å². The Bertz CT molecular complexity index is 773. The number of halogens is 1. The zero-order valence-electron chi connectivity index (χ0n) is 15.3. The Hall–Kier alpha value is -1.89. The number of nitrogens with zero attached hydrogens (tertiary/aromatic N) is 3. The molecule has 6 nitrogen and oxygen atoms in total. The quantitative estimate of drug-likeness (QED) is 0.842. The van der Waals surface area contributed by atoms with Crippen molar-refractivity contribution in [3.8, 4) is 0 Å². The third kappa shape index (κ3) is 4.44. The Kier molecular flexibility index (Phi) is 5.65. The van der Waals surface area contributed by atoms with E-state index in [9.17, 15) is 4.79 Å². The molecule has 1 aliphatic rings. The SMILES string of the molecule is CC1(C)CN(CC(=O)Nc2ccnn2Cc2ccccc2Cl)CCC1N. The normalized spacial score (nSPS) is 20.1. The second-order valence-electron chi connectivity index (χ2n) is 7.61. The van der Waals surface area contributed by atoms with E-state index < -0.39 is 0 Å². The molecule has 3 N–H and O–H groups in total. The summed E-state index contributed by atoms with van der Waals surface area (Å²) in [5.41, 5.74) is 7.15. The van der Waals surface area contributed by atoms with Crippen molar-refractivity contribution < 1.29 is 4.79 Å². The van der Waals surface area contributed by atoms with Crippen LogP contribution in [0.5, 0.6) is 0 Å². The van der Waals surface area contributed by atoms with Gasteiger partial charge in [-0.25, -0.2) is 4.68 Å². The van der Waals surface area contributed by atoms with Crippen molar-refractivity contribution in [2.24, 2.45) is 11.1 Å². The van der Waals surface area contributed by atoms with Crippen LogP contribution < -0.4 is 11.1 Å². The average Bonchev–Trinajstić information content (AvgIpc) is 2.99. The summed E-state index contributed by atoms with van der Waals surface area (Å²) in [6.07, 6.45) is 2.58. The van der Waals surface area contributed by atoms with Crippen LogP contribution in [0.4, 0.5) is 5.82 Å². The number of hydrogen-bond donors (Lipinski definition) is 2. The molecular formula is C19H26ClN5O. The van der Waals surface area contributed by atoms with Gasteiger partial charge in [0.05, 0.1) is 19.3 Å². The van der Waals surface area contributed by atoms with Crippen LogP contribution in [-0.2, 0) is 11.3 Å². The molecule has 1 atom stereocenters. The summed E-state index contributed by atoms with van der Waals surface area (Å²) in [4.78, 5) is 14.7. The van der Waals surface area contributed by atoms with Gasteiger partial charge in [-0.3, -0.25) is 9.69 Å². The van der Waals surface area contributed by atoms with E-state index in [0.29, 0.717) is 23.9 Å². The molecule has 1 aliphatic heterocycles. The van der Waals surface area contributed by atoms with E-state index in [2.05, 4.69) is 29.2 Å². The third-order valence-electron chi connectivity index (χ3n) is 5.02. The molecule has 2 heterocycles. The van der Waals surface area contributed by atoms with E-state index in [4.69, 9.17) is 17.3 Å². The lowest BCUT2D eigenvalue weighted by molar-refractivity contribution is -0.118. The Morgan fingerprint density at radius 2 is 2.15 bits per heavy atom. The molecule has 0 saturated carbocycles. The van der Waals surface area contributed by atoms with Gasteiger partial charge in [0, 0.05) is 30.2 Å². The molecular weight excluding hydrogens is 350 g/mol. The van der Waals surface area contributed by atoms with E-state index in [1.54, 1.807) is 16.9 Å². The number of hydrogen-bond acceptors (Lipinski definition) is 4. The number of nitrogens with two attached hydrogens (primary N) is 1. The molecule has 7 heteroatoms. The van der Waals surface area contributed by atoms with Crippen molar-refractivity contribution in [1.82, 2.24) is 14.7 Å². The zero-order valence-corrected chi connectivity index (χ0v) is 16.0. The molecule has 140 valence electrons. The second-order valence-corrected chi connectivity index (χ2v) is 8.02. The number of nitrogens with one attached hydrogen (secondary N) is 1. The smallest absolute Gasteiger partial charge is 0.239 e. The molecule has 3 rings (SSSR count). The first-order valence-electron chi connectivity index (χ1n) is 8.88. The second kappa shape index (κ2) is 7.78. The number of piperidine rings is 1. The van der Waals surface area contributed by atoms with Gasteiger partial charge in [-0.15, -0.1) is 0 Å². The Balaban J connectivity index is 1.61. The summed E-state index contributed by atoms with van der Waals surface area (Å²) in [5, 5.41) is 7.95. The van der Waals surface area contributed by atoms with Crippen molar-refractivity contribution in [3.05, 3.63) is 47.1 Å². The minimum absolute atomic E-state index is 0.0182. The summed E-state index contributed by atoms with van der Waals surface area (Å²) < 4.78 is 1.75. The van der Waals surface area contributed by atoms with Crippen LogP contribution in [-0.4, -0.2) is 46.3 Å². The fourth-order valence-corrected chi connectivity index (χ4v) is 3.55. The number of amides is 1. The first kappa shape index (κ1) is 18.9. The third-order valence-corrected chi connectivity index (χ3v) is 5.39. The molecule has 1 amide bonds. The highest BCUT2D eigenvalue weighted by atomic mass is 35.5. The van der Waals surface area contributed by atoms with E-state index in [1.807, 2.05) is 24.3 Å². The highest BCUT2D eigenvalue weighted by Crippen LogP contribution is 2.27. The van der Waals surface area contributed by atoms with Gasteiger partial charge in [0.2, 0.25) is 5.91 Å². The van der Waals surface area contributed by atoms with Gasteiger partial charge in [-0.1, -0.05) is 43.6 Å². The van der Waals surface area contributed by atoms with Crippen LogP contribution in [0.25, 0.3) is 0 Å². The van der Waals surface area contributed by atoms with Crippen LogP contribution >= 0.6 is 11.6 Å². The lowest BCUT2D eigenvalue weighted by Gasteiger charge is -2.42. The summed E-state index contributed by atoms with van der Waals surface area (Å²) in [6, 6.07) is 9.61. The topological polar surface area (TPSA) is 76.2 Å². The molecule has 1 saturated heterocycles. The Morgan fingerprint density at radius 3 is 2.88 bits per heavy atom. The Labute approximate surface area is 159 Å². The van der Waals surface area contributed by atoms with Crippen molar-refractivity contribution in [2.75, 3.05) is 25.0 Å². The number of likely N-dealkylation sites (tertiary alicyclic amines) is 1. The van der Waals surface area contributed by atoms with Gasteiger partial charge in [0.15, 0.2) is 0 Å². The van der Waals surface area contributed by atoms with Crippen LogP contribution in [0, 0.1) is 5.41 Å². The predicted molar refractivity (Wildman–Crippen MR) is 104 cm³/mol. The van der Waals surface area contributed by atoms with Gasteiger partial charge in [-0.2, -0.15) is 5.10 Å². The minimum atomic E-state index is -0.0443. The first-order chi connectivity index (χ1) is 12.3. The highest BCUT2D eigenvalue weighted by Gasteiger charge is 2.33. The maximum Gasteiger partial charge on any atom is 0.239 e. The summed E-state index contributed by atoms with van der Waals surface area (Å²) in [6.45, 7) is 6.83. The predicted octanol–water partition coefficient (Wildman–Crippen LogP) is 2.58. The van der Waals surface area contributed by atoms with Gasteiger partial charge >= 0.3 is 0 Å². The monoisotopic (exact) mass is 375 g/mol. The highest BCUT2D eigenvalue weighted by molar-refractivity contribution is 6.31. The van der Waals surface area contributed by atoms with Crippen molar-refractivity contribution in [3.63, 3.8) is 0 Å². The number of benzene rings is 1. The van der Waals surface area contributed by atoms with E-state index in [1.165, 1.54) is 0 Å². The molecule has 2 aromatic rings. The van der Waals surface area contributed by atoms with Gasteiger partial charge < -0.3 is 11.1 Å². The van der Waals surface area contributed by atoms with Crippen LogP contribution in [0.15, 0.2) is 36.5 Å². The summed E-state index contributed by atoms with van der Waals surface area (Å²) >= 11 is 6.22. The Morgan fingerprint density at radius 1 is 1.38 bits per heavy atom. The molecule has 0 aliphatic carbocycles. The standard InChI is InChI=1S/C19H26ClN5O/c1-19(2)13-24(10-8-16(19)21)12-18(26)23-17-7-9-22-25(17)11-14-5-3-4-6-15(14)20/h3-7,9,16H,8,10-13,21H2,1-2H3,(H,23,26). The molecule has 1 unspecified atom stereocenters. The fourth-order valence-electron chi connectivity index (χ4n) is 3.36. The van der Waals surface area contributed by atoms with Crippen molar-refractivity contribution in [2.45, 2.75) is 32.9 Å².